The molecule has 5 heteroatoms. The van der Waals surface area contributed by atoms with Crippen LogP contribution in [-0.4, -0.2) is 9.97 Å². The van der Waals surface area contributed by atoms with Crippen LogP contribution in [0.4, 0.5) is 10.9 Å². The Kier molecular flexibility index (Phi) is 3.80. The fraction of sp³-hybridized carbons (Fsp3) is 0.0667. The number of thiazole rings is 1. The molecule has 0 fully saturated rings. The highest BCUT2D eigenvalue weighted by Gasteiger charge is 2.06. The molecule has 3 aromatic rings. The van der Waals surface area contributed by atoms with Crippen LogP contribution in [0.3, 0.4) is 0 Å². The summed E-state index contributed by atoms with van der Waals surface area (Å²) in [6, 6.07) is 12.1. The van der Waals surface area contributed by atoms with Crippen LogP contribution >= 0.6 is 27.3 Å². The number of aryl methyl sites for hydroxylation is 1. The third kappa shape index (κ3) is 2.89. The van der Waals surface area contributed by atoms with Gasteiger partial charge in [-0.15, -0.1) is 11.3 Å². The van der Waals surface area contributed by atoms with Crippen LogP contribution in [0, 0.1) is 6.92 Å². The molecular weight excluding hydrogens is 334 g/mol. The molecule has 20 heavy (non-hydrogen) atoms. The smallest absolute Gasteiger partial charge is 0.188 e. The maximum Gasteiger partial charge on any atom is 0.188 e. The minimum absolute atomic E-state index is 0.849. The third-order valence-electron chi connectivity index (χ3n) is 2.86. The van der Waals surface area contributed by atoms with Gasteiger partial charge in [-0.2, -0.15) is 0 Å². The first kappa shape index (κ1) is 13.3. The Hall–Kier alpha value is -1.72. The lowest BCUT2D eigenvalue weighted by Crippen LogP contribution is -1.95. The maximum atomic E-state index is 4.60. The highest BCUT2D eigenvalue weighted by Crippen LogP contribution is 2.28. The van der Waals surface area contributed by atoms with Crippen LogP contribution in [0.1, 0.15) is 5.56 Å². The summed E-state index contributed by atoms with van der Waals surface area (Å²) in [5.74, 6) is 0.850. The van der Waals surface area contributed by atoms with Gasteiger partial charge in [0.2, 0.25) is 0 Å². The number of pyridine rings is 1. The molecule has 0 aliphatic heterocycles. The molecule has 0 saturated heterocycles. The molecule has 1 N–H and O–H groups in total. The van der Waals surface area contributed by atoms with Crippen molar-refractivity contribution >= 4 is 38.2 Å². The summed E-state index contributed by atoms with van der Waals surface area (Å²) < 4.78 is 1.05. The zero-order valence-corrected chi connectivity index (χ0v) is 13.2. The minimum atomic E-state index is 0.849. The first-order chi connectivity index (χ1) is 9.72. The second kappa shape index (κ2) is 5.73. The number of anilines is 2. The lowest BCUT2D eigenvalue weighted by molar-refractivity contribution is 1.24. The molecule has 0 radical (unpaired) electrons. The number of rotatable bonds is 3. The Labute approximate surface area is 129 Å². The molecule has 0 atom stereocenters. The molecule has 3 nitrogen and oxygen atoms in total. The normalized spacial score (nSPS) is 10.5. The highest BCUT2D eigenvalue weighted by molar-refractivity contribution is 9.10. The number of hydrogen-bond donors (Lipinski definition) is 1. The second-order valence-electron chi connectivity index (χ2n) is 4.34. The molecule has 0 amide bonds. The molecule has 2 heterocycles. The van der Waals surface area contributed by atoms with Crippen molar-refractivity contribution in [3.63, 3.8) is 0 Å². The Morgan fingerprint density at radius 3 is 2.90 bits per heavy atom. The summed E-state index contributed by atoms with van der Waals surface area (Å²) in [6.45, 7) is 2.03. The van der Waals surface area contributed by atoms with Gasteiger partial charge in [0.25, 0.3) is 0 Å². The average Bonchev–Trinajstić information content (AvgIpc) is 2.90. The van der Waals surface area contributed by atoms with Gasteiger partial charge < -0.3 is 5.32 Å². The van der Waals surface area contributed by atoms with Gasteiger partial charge in [-0.05, 0) is 30.7 Å². The van der Waals surface area contributed by atoms with Gasteiger partial charge in [-0.1, -0.05) is 34.1 Å². The van der Waals surface area contributed by atoms with Crippen LogP contribution in [0.15, 0.2) is 52.4 Å². The van der Waals surface area contributed by atoms with E-state index >= 15 is 0 Å². The molecular formula is C15H12BrN3S. The van der Waals surface area contributed by atoms with E-state index < -0.39 is 0 Å². The van der Waals surface area contributed by atoms with E-state index in [1.165, 1.54) is 0 Å². The fourth-order valence-electron chi connectivity index (χ4n) is 1.83. The standard InChI is InChI=1S/C15H12BrN3S/c1-10-4-3-7-17-14(10)19-15-18-13(9-20-15)11-5-2-6-12(16)8-11/h2-9H,1H3,(H,17,18,19). The van der Waals surface area contributed by atoms with Gasteiger partial charge >= 0.3 is 0 Å². The Balaban J connectivity index is 1.86. The largest absolute Gasteiger partial charge is 0.316 e. The van der Waals surface area contributed by atoms with Gasteiger partial charge in [0.1, 0.15) is 5.82 Å². The van der Waals surface area contributed by atoms with Gasteiger partial charge in [0.15, 0.2) is 5.13 Å². The van der Waals surface area contributed by atoms with E-state index in [2.05, 4.69) is 43.3 Å². The molecule has 0 aliphatic rings. The van der Waals surface area contributed by atoms with E-state index in [0.29, 0.717) is 0 Å². The number of nitrogens with zero attached hydrogens (tertiary/aromatic N) is 2. The van der Waals surface area contributed by atoms with Crippen LogP contribution < -0.4 is 5.32 Å². The SMILES string of the molecule is Cc1cccnc1Nc1nc(-c2cccc(Br)c2)cs1. The van der Waals surface area contributed by atoms with Crippen molar-refractivity contribution in [1.82, 2.24) is 9.97 Å². The molecule has 0 spiro atoms. The number of nitrogens with one attached hydrogen (secondary N) is 1. The monoisotopic (exact) mass is 345 g/mol. The van der Waals surface area contributed by atoms with Crippen molar-refractivity contribution in [1.29, 1.82) is 0 Å². The van der Waals surface area contributed by atoms with Crippen molar-refractivity contribution in [3.8, 4) is 11.3 Å². The molecule has 0 saturated carbocycles. The van der Waals surface area contributed by atoms with Gasteiger partial charge in [0.05, 0.1) is 5.69 Å². The van der Waals surface area contributed by atoms with E-state index in [-0.39, 0.29) is 0 Å². The van der Waals surface area contributed by atoms with Crippen molar-refractivity contribution in [2.75, 3.05) is 5.32 Å². The molecule has 3 rings (SSSR count). The lowest BCUT2D eigenvalue weighted by atomic mass is 10.2. The predicted molar refractivity (Wildman–Crippen MR) is 87.5 cm³/mol. The van der Waals surface area contributed by atoms with Crippen LogP contribution in [-0.2, 0) is 0 Å². The zero-order chi connectivity index (χ0) is 13.9. The number of benzene rings is 1. The molecule has 0 aliphatic carbocycles. The summed E-state index contributed by atoms with van der Waals surface area (Å²) in [7, 11) is 0. The molecule has 0 bridgehead atoms. The summed E-state index contributed by atoms with van der Waals surface area (Å²) in [6.07, 6.45) is 1.78. The second-order valence-corrected chi connectivity index (χ2v) is 6.12. The molecule has 1 aromatic carbocycles. The maximum absolute atomic E-state index is 4.60. The van der Waals surface area contributed by atoms with E-state index in [9.17, 15) is 0 Å². The van der Waals surface area contributed by atoms with Crippen molar-refractivity contribution in [3.05, 3.63) is 58.0 Å². The van der Waals surface area contributed by atoms with Gasteiger partial charge in [0, 0.05) is 21.6 Å². The third-order valence-corrected chi connectivity index (χ3v) is 4.11. The first-order valence-corrected chi connectivity index (χ1v) is 7.80. The van der Waals surface area contributed by atoms with Crippen molar-refractivity contribution < 1.29 is 0 Å². The number of aromatic nitrogens is 2. The van der Waals surface area contributed by atoms with Gasteiger partial charge in [-0.3, -0.25) is 0 Å². The summed E-state index contributed by atoms with van der Waals surface area (Å²) >= 11 is 5.06. The van der Waals surface area contributed by atoms with E-state index in [0.717, 1.165) is 32.2 Å². The predicted octanol–water partition coefficient (Wildman–Crippen LogP) is 5.02. The summed E-state index contributed by atoms with van der Waals surface area (Å²) in [5, 5.41) is 6.15. The molecule has 0 unspecified atom stereocenters. The highest BCUT2D eigenvalue weighted by atomic mass is 79.9. The van der Waals surface area contributed by atoms with Crippen molar-refractivity contribution in [2.45, 2.75) is 6.92 Å². The fourth-order valence-corrected chi connectivity index (χ4v) is 2.95. The molecule has 100 valence electrons. The zero-order valence-electron chi connectivity index (χ0n) is 10.8. The van der Waals surface area contributed by atoms with E-state index in [1.807, 2.05) is 36.6 Å². The van der Waals surface area contributed by atoms with Crippen LogP contribution in [0.2, 0.25) is 0 Å². The summed E-state index contributed by atoms with van der Waals surface area (Å²) in [4.78, 5) is 8.92. The van der Waals surface area contributed by atoms with E-state index in [1.54, 1.807) is 17.5 Å². The Morgan fingerprint density at radius 2 is 2.10 bits per heavy atom. The Morgan fingerprint density at radius 1 is 1.20 bits per heavy atom. The Bertz CT molecular complexity index is 739. The van der Waals surface area contributed by atoms with Crippen LogP contribution in [0.25, 0.3) is 11.3 Å². The topological polar surface area (TPSA) is 37.8 Å². The molecule has 2 aromatic heterocycles. The lowest BCUT2D eigenvalue weighted by Gasteiger charge is -2.04. The quantitative estimate of drug-likeness (QED) is 0.724. The van der Waals surface area contributed by atoms with Crippen molar-refractivity contribution in [2.24, 2.45) is 0 Å². The number of halogens is 1. The van der Waals surface area contributed by atoms with E-state index in [4.69, 9.17) is 0 Å². The minimum Gasteiger partial charge on any atom is -0.316 e. The van der Waals surface area contributed by atoms with Gasteiger partial charge in [-0.25, -0.2) is 9.97 Å². The first-order valence-electron chi connectivity index (χ1n) is 6.12. The summed E-state index contributed by atoms with van der Waals surface area (Å²) in [5.41, 5.74) is 3.17. The van der Waals surface area contributed by atoms with Crippen LogP contribution in [0.5, 0.6) is 0 Å². The average molecular weight is 346 g/mol. The number of hydrogen-bond acceptors (Lipinski definition) is 4.